The summed E-state index contributed by atoms with van der Waals surface area (Å²) in [4.78, 5) is 8.83. The molecule has 0 aliphatic carbocycles. The zero-order valence-electron chi connectivity index (χ0n) is 14.5. The minimum atomic E-state index is -0.667. The van der Waals surface area contributed by atoms with Crippen LogP contribution in [0, 0.1) is 26.4 Å². The third-order valence-corrected chi connectivity index (χ3v) is 5.24. The molecule has 11 heteroatoms. The van der Waals surface area contributed by atoms with E-state index < -0.39 is 6.04 Å². The van der Waals surface area contributed by atoms with Crippen LogP contribution in [0.2, 0.25) is 0 Å². The molecule has 0 bridgehead atoms. The highest BCUT2D eigenvalue weighted by Crippen LogP contribution is 2.45. The Morgan fingerprint density at radius 3 is 2.79 bits per heavy atom. The molecule has 2 heterocycles. The molecule has 1 aliphatic rings. The Kier molecular flexibility index (Phi) is 5.76. The van der Waals surface area contributed by atoms with Crippen molar-refractivity contribution < 1.29 is 4.74 Å². The van der Waals surface area contributed by atoms with E-state index in [1.54, 1.807) is 0 Å². The number of pyridine rings is 1. The molecule has 142 valence electrons. The minimum Gasteiger partial charge on any atom is -0.492 e. The Hall–Kier alpha value is -2.77. The number of fused-ring (bicyclic) bond motifs is 1. The summed E-state index contributed by atoms with van der Waals surface area (Å²) < 4.78 is 7.55. The van der Waals surface area contributed by atoms with E-state index in [0.29, 0.717) is 29.3 Å². The van der Waals surface area contributed by atoms with Crippen LogP contribution in [-0.4, -0.2) is 17.6 Å². The van der Waals surface area contributed by atoms with Gasteiger partial charge in [-0.25, -0.2) is 9.98 Å². The van der Waals surface area contributed by atoms with Gasteiger partial charge in [-0.3, -0.25) is 5.32 Å². The fourth-order valence-electron chi connectivity index (χ4n) is 2.89. The first-order valence-corrected chi connectivity index (χ1v) is 9.89. The molecule has 2 aromatic rings. The molecule has 28 heavy (non-hydrogen) atoms. The lowest BCUT2D eigenvalue weighted by Crippen LogP contribution is -2.33. The maximum Gasteiger partial charge on any atom is 0.211 e. The number of aliphatic imine (C=N–C) groups is 1. The molecule has 1 aromatic carbocycles. The number of guanidine groups is 1. The predicted molar refractivity (Wildman–Crippen MR) is 117 cm³/mol. The number of aromatic nitrogens is 1. The normalized spacial score (nSPS) is 14.8. The van der Waals surface area contributed by atoms with Crippen molar-refractivity contribution in [1.29, 1.82) is 10.5 Å². The van der Waals surface area contributed by atoms with Gasteiger partial charge in [0, 0.05) is 15.6 Å². The maximum atomic E-state index is 9.43. The number of hydrogen-bond donors (Lipinski definition) is 4. The van der Waals surface area contributed by atoms with Crippen molar-refractivity contribution in [2.45, 2.75) is 13.0 Å². The number of nitrogens with zero attached hydrogens (tertiary/aromatic N) is 4. The van der Waals surface area contributed by atoms with E-state index in [9.17, 15) is 5.26 Å². The molecular formula is C17H14BrIN8O. The molecule has 1 aromatic heterocycles. The molecule has 1 atom stereocenters. The van der Waals surface area contributed by atoms with Gasteiger partial charge in [0.25, 0.3) is 0 Å². The second-order valence-electron chi connectivity index (χ2n) is 5.64. The summed E-state index contributed by atoms with van der Waals surface area (Å²) in [5, 5.41) is 23.8. The first-order valence-electron chi connectivity index (χ1n) is 8.01. The molecule has 9 nitrogen and oxygen atoms in total. The number of halogens is 2. The van der Waals surface area contributed by atoms with Gasteiger partial charge in [-0.1, -0.05) is 15.9 Å². The Labute approximate surface area is 183 Å². The molecular weight excluding hydrogens is 539 g/mol. The lowest BCUT2D eigenvalue weighted by molar-refractivity contribution is 0.333. The Morgan fingerprint density at radius 1 is 1.39 bits per heavy atom. The van der Waals surface area contributed by atoms with Crippen molar-refractivity contribution >= 4 is 61.8 Å². The van der Waals surface area contributed by atoms with Crippen LogP contribution in [0.3, 0.4) is 0 Å². The van der Waals surface area contributed by atoms with E-state index in [1.165, 1.54) is 0 Å². The van der Waals surface area contributed by atoms with Gasteiger partial charge in [0.15, 0.2) is 6.19 Å². The number of rotatable bonds is 3. The van der Waals surface area contributed by atoms with Crippen molar-refractivity contribution in [2.24, 2.45) is 4.99 Å². The number of nitrogen functional groups attached to an aromatic ring is 2. The van der Waals surface area contributed by atoms with E-state index in [2.05, 4.69) is 59.1 Å². The Balaban J connectivity index is 2.33. The zero-order chi connectivity index (χ0) is 20.4. The summed E-state index contributed by atoms with van der Waals surface area (Å²) >= 11 is 5.67. The van der Waals surface area contributed by atoms with Crippen LogP contribution in [0.4, 0.5) is 17.3 Å². The monoisotopic (exact) mass is 552 g/mol. The molecule has 0 saturated heterocycles. The van der Waals surface area contributed by atoms with Crippen molar-refractivity contribution in [3.8, 4) is 18.0 Å². The highest BCUT2D eigenvalue weighted by molar-refractivity contribution is 14.1. The van der Waals surface area contributed by atoms with Crippen LogP contribution in [0.1, 0.15) is 29.7 Å². The third-order valence-electron chi connectivity index (χ3n) is 3.98. The summed E-state index contributed by atoms with van der Waals surface area (Å²) in [6.07, 6.45) is 1.83. The lowest BCUT2D eigenvalue weighted by Gasteiger charge is -2.27. The summed E-state index contributed by atoms with van der Waals surface area (Å²) in [5.74, 6) is 1.15. The van der Waals surface area contributed by atoms with Crippen LogP contribution in [-0.2, 0) is 0 Å². The summed E-state index contributed by atoms with van der Waals surface area (Å²) in [6, 6.07) is 5.10. The van der Waals surface area contributed by atoms with Gasteiger partial charge in [0.2, 0.25) is 5.96 Å². The number of ether oxygens (including phenoxy) is 1. The standard InChI is InChI=1S/C17H14BrIN8O/c1-2-28-14-8(3-7(18)4-10(14)19)13-11-12(22)9(5-20)15(23)26-16(11)27-17(25-13)24-6-21/h3-4,13H,2H2,1H3,(H6,22,23,24,25,26,27). The van der Waals surface area contributed by atoms with Gasteiger partial charge in [0.05, 0.1) is 15.9 Å². The zero-order valence-corrected chi connectivity index (χ0v) is 18.3. The van der Waals surface area contributed by atoms with Gasteiger partial charge in [-0.2, -0.15) is 10.5 Å². The van der Waals surface area contributed by atoms with Crippen molar-refractivity contribution in [3.63, 3.8) is 0 Å². The number of nitrogens with two attached hydrogens (primary N) is 2. The number of nitriles is 2. The van der Waals surface area contributed by atoms with Crippen molar-refractivity contribution in [2.75, 3.05) is 23.4 Å². The molecule has 0 fully saturated rings. The van der Waals surface area contributed by atoms with Gasteiger partial charge in [-0.05, 0) is 41.6 Å². The summed E-state index contributed by atoms with van der Waals surface area (Å²) in [5.41, 5.74) is 13.6. The molecule has 0 spiro atoms. The maximum absolute atomic E-state index is 9.43. The van der Waals surface area contributed by atoms with E-state index in [1.807, 2.05) is 31.3 Å². The highest BCUT2D eigenvalue weighted by Gasteiger charge is 2.32. The number of hydrogen-bond acceptors (Lipinski definition) is 9. The van der Waals surface area contributed by atoms with E-state index in [-0.39, 0.29) is 23.0 Å². The summed E-state index contributed by atoms with van der Waals surface area (Å²) in [6.45, 7) is 2.34. The van der Waals surface area contributed by atoms with Gasteiger partial charge in [0.1, 0.15) is 35.1 Å². The van der Waals surface area contributed by atoms with Gasteiger partial charge < -0.3 is 21.5 Å². The topological polar surface area (TPSA) is 158 Å². The number of nitrogens with one attached hydrogen (secondary N) is 2. The van der Waals surface area contributed by atoms with Crippen LogP contribution in [0.15, 0.2) is 21.6 Å². The molecule has 1 unspecified atom stereocenters. The minimum absolute atomic E-state index is 0.00272. The van der Waals surface area contributed by atoms with E-state index >= 15 is 0 Å². The van der Waals surface area contributed by atoms with Crippen molar-refractivity contribution in [1.82, 2.24) is 10.3 Å². The molecule has 1 aliphatic heterocycles. The molecule has 3 rings (SSSR count). The van der Waals surface area contributed by atoms with Crippen LogP contribution >= 0.6 is 38.5 Å². The fourth-order valence-corrected chi connectivity index (χ4v) is 4.59. The van der Waals surface area contributed by atoms with Crippen LogP contribution < -0.4 is 26.8 Å². The SMILES string of the molecule is CCOc1c(I)cc(Br)cc1C1N=C(NC#N)Nc2nc(N)c(C#N)c(N)c21. The second-order valence-corrected chi connectivity index (χ2v) is 7.72. The van der Waals surface area contributed by atoms with Gasteiger partial charge >= 0.3 is 0 Å². The van der Waals surface area contributed by atoms with Gasteiger partial charge in [-0.15, -0.1) is 0 Å². The quantitative estimate of drug-likeness (QED) is 0.257. The highest BCUT2D eigenvalue weighted by atomic mass is 127. The lowest BCUT2D eigenvalue weighted by atomic mass is 9.94. The molecule has 0 amide bonds. The third kappa shape index (κ3) is 3.50. The van der Waals surface area contributed by atoms with Crippen LogP contribution in [0.25, 0.3) is 0 Å². The average Bonchev–Trinajstić information content (AvgIpc) is 2.63. The van der Waals surface area contributed by atoms with Crippen molar-refractivity contribution in [3.05, 3.63) is 36.9 Å². The van der Waals surface area contributed by atoms with E-state index in [4.69, 9.17) is 21.5 Å². The Bertz CT molecular complexity index is 1070. The molecule has 0 saturated carbocycles. The molecule has 6 N–H and O–H groups in total. The second kappa shape index (κ2) is 8.08. The number of benzene rings is 1. The number of anilines is 3. The van der Waals surface area contributed by atoms with Crippen LogP contribution in [0.5, 0.6) is 5.75 Å². The fraction of sp³-hybridized carbons (Fsp3) is 0.176. The molecule has 0 radical (unpaired) electrons. The van der Waals surface area contributed by atoms with E-state index in [0.717, 1.165) is 8.04 Å². The average molecular weight is 553 g/mol. The first kappa shape index (κ1) is 20.0. The Morgan fingerprint density at radius 2 is 2.14 bits per heavy atom. The first-order chi connectivity index (χ1) is 13.4. The largest absolute Gasteiger partial charge is 0.492 e. The predicted octanol–water partition coefficient (Wildman–Crippen LogP) is 2.83. The smallest absolute Gasteiger partial charge is 0.211 e. The summed E-state index contributed by atoms with van der Waals surface area (Å²) in [7, 11) is 0.